The maximum atomic E-state index is 7.21. The lowest BCUT2D eigenvalue weighted by atomic mass is 10.0. The Morgan fingerprint density at radius 2 is 2.33 bits per heavy atom. The van der Waals surface area contributed by atoms with Crippen molar-refractivity contribution >= 4 is 5.71 Å². The van der Waals surface area contributed by atoms with Crippen molar-refractivity contribution in [2.24, 2.45) is 5.92 Å². The van der Waals surface area contributed by atoms with Gasteiger partial charge in [-0.15, -0.1) is 6.42 Å². The zero-order chi connectivity index (χ0) is 7.28. The fourth-order valence-corrected chi connectivity index (χ4v) is 0.714. The molecule has 1 atom stereocenters. The van der Waals surface area contributed by atoms with Crippen molar-refractivity contribution in [1.82, 2.24) is 0 Å². The molecule has 0 aliphatic heterocycles. The molecular weight excluding hydrogens is 110 g/mol. The van der Waals surface area contributed by atoms with Gasteiger partial charge in [0, 0.05) is 5.71 Å². The van der Waals surface area contributed by atoms with Gasteiger partial charge in [-0.1, -0.05) is 19.3 Å². The molecule has 0 heterocycles. The van der Waals surface area contributed by atoms with Gasteiger partial charge < -0.3 is 5.41 Å². The van der Waals surface area contributed by atoms with E-state index in [1.54, 1.807) is 6.92 Å². The average molecular weight is 123 g/mol. The highest BCUT2D eigenvalue weighted by atomic mass is 14.4. The second-order valence-electron chi connectivity index (χ2n) is 2.19. The Labute approximate surface area is 57.0 Å². The number of rotatable bonds is 3. The Morgan fingerprint density at radius 1 is 1.78 bits per heavy atom. The Kier molecular flexibility index (Phi) is 3.79. The lowest BCUT2D eigenvalue weighted by molar-refractivity contribution is 0.733. The Hall–Kier alpha value is -0.770. The van der Waals surface area contributed by atoms with Crippen LogP contribution < -0.4 is 0 Å². The summed E-state index contributed by atoms with van der Waals surface area (Å²) in [5, 5.41) is 7.21. The molecule has 0 aliphatic carbocycles. The molecule has 0 radical (unpaired) electrons. The fraction of sp³-hybridized carbons (Fsp3) is 0.625. The van der Waals surface area contributed by atoms with Crippen LogP contribution in [0.1, 0.15) is 26.7 Å². The van der Waals surface area contributed by atoms with Gasteiger partial charge in [-0.2, -0.15) is 0 Å². The van der Waals surface area contributed by atoms with Crippen molar-refractivity contribution in [2.75, 3.05) is 0 Å². The van der Waals surface area contributed by atoms with Gasteiger partial charge in [-0.05, 0) is 13.3 Å². The maximum Gasteiger partial charge on any atom is 0.0573 e. The molecule has 50 valence electrons. The van der Waals surface area contributed by atoms with Crippen LogP contribution in [0.3, 0.4) is 0 Å². The van der Waals surface area contributed by atoms with E-state index in [1.165, 1.54) is 0 Å². The molecular formula is C8H13N. The van der Waals surface area contributed by atoms with E-state index < -0.39 is 0 Å². The molecule has 0 aliphatic rings. The minimum atomic E-state index is 0.0787. The van der Waals surface area contributed by atoms with Crippen LogP contribution in [0.4, 0.5) is 0 Å². The normalized spacial score (nSPS) is 12.1. The molecule has 0 aromatic carbocycles. The lowest BCUT2D eigenvalue weighted by Gasteiger charge is -2.04. The topological polar surface area (TPSA) is 23.9 Å². The first-order valence-electron chi connectivity index (χ1n) is 3.23. The van der Waals surface area contributed by atoms with Crippen LogP contribution in [-0.2, 0) is 0 Å². The molecule has 0 aromatic heterocycles. The van der Waals surface area contributed by atoms with Crippen molar-refractivity contribution in [3.05, 3.63) is 0 Å². The van der Waals surface area contributed by atoms with Crippen molar-refractivity contribution in [2.45, 2.75) is 26.7 Å². The molecule has 1 nitrogen and oxygen atoms in total. The molecule has 0 bridgehead atoms. The zero-order valence-electron chi connectivity index (χ0n) is 6.07. The van der Waals surface area contributed by atoms with Crippen molar-refractivity contribution in [1.29, 1.82) is 5.41 Å². The number of terminal acetylenes is 1. The summed E-state index contributed by atoms with van der Waals surface area (Å²) in [7, 11) is 0. The Bertz CT molecular complexity index is 130. The van der Waals surface area contributed by atoms with Crippen molar-refractivity contribution < 1.29 is 0 Å². The third kappa shape index (κ3) is 2.92. The molecule has 0 aromatic rings. The molecule has 0 fully saturated rings. The Balaban J connectivity index is 3.72. The fourth-order valence-electron chi connectivity index (χ4n) is 0.714. The zero-order valence-corrected chi connectivity index (χ0v) is 6.07. The van der Waals surface area contributed by atoms with Gasteiger partial charge >= 0.3 is 0 Å². The van der Waals surface area contributed by atoms with E-state index in [-0.39, 0.29) is 5.92 Å². The van der Waals surface area contributed by atoms with Crippen molar-refractivity contribution in [3.63, 3.8) is 0 Å². The van der Waals surface area contributed by atoms with Crippen LogP contribution in [0.5, 0.6) is 0 Å². The largest absolute Gasteiger partial charge is 0.309 e. The summed E-state index contributed by atoms with van der Waals surface area (Å²) in [5.74, 6) is 2.66. The van der Waals surface area contributed by atoms with Gasteiger partial charge in [0.2, 0.25) is 0 Å². The molecule has 0 saturated heterocycles. The molecule has 9 heavy (non-hydrogen) atoms. The van der Waals surface area contributed by atoms with Gasteiger partial charge in [0.15, 0.2) is 0 Å². The summed E-state index contributed by atoms with van der Waals surface area (Å²) in [6.45, 7) is 3.84. The molecule has 1 heteroatoms. The first kappa shape index (κ1) is 8.23. The molecule has 0 amide bonds. The van der Waals surface area contributed by atoms with Gasteiger partial charge in [-0.3, -0.25) is 0 Å². The van der Waals surface area contributed by atoms with Crippen LogP contribution in [-0.4, -0.2) is 5.71 Å². The van der Waals surface area contributed by atoms with Crippen molar-refractivity contribution in [3.8, 4) is 12.3 Å². The standard InChI is InChI=1S/C8H13N/c1-4-6-8(5-2)7(3)9/h2,8-9H,4,6H2,1,3H3. The smallest absolute Gasteiger partial charge is 0.0573 e. The average Bonchev–Trinajstić information content (AvgIpc) is 1.82. The number of hydrogen-bond acceptors (Lipinski definition) is 1. The number of nitrogens with one attached hydrogen (secondary N) is 1. The van der Waals surface area contributed by atoms with Gasteiger partial charge in [0.05, 0.1) is 5.92 Å². The van der Waals surface area contributed by atoms with Gasteiger partial charge in [-0.25, -0.2) is 0 Å². The third-order valence-electron chi connectivity index (χ3n) is 1.30. The molecule has 0 rings (SSSR count). The van der Waals surface area contributed by atoms with E-state index in [0.29, 0.717) is 5.71 Å². The van der Waals surface area contributed by atoms with Crippen LogP contribution in [0.25, 0.3) is 0 Å². The highest BCUT2D eigenvalue weighted by Gasteiger charge is 2.03. The second-order valence-corrected chi connectivity index (χ2v) is 2.19. The first-order chi connectivity index (χ1) is 4.22. The predicted molar refractivity (Wildman–Crippen MR) is 40.6 cm³/mol. The summed E-state index contributed by atoms with van der Waals surface area (Å²) >= 11 is 0. The third-order valence-corrected chi connectivity index (χ3v) is 1.30. The quantitative estimate of drug-likeness (QED) is 0.439. The predicted octanol–water partition coefficient (Wildman–Crippen LogP) is 2.08. The van der Waals surface area contributed by atoms with E-state index in [4.69, 9.17) is 11.8 Å². The Morgan fingerprint density at radius 3 is 2.44 bits per heavy atom. The van der Waals surface area contributed by atoms with Gasteiger partial charge in [0.25, 0.3) is 0 Å². The van der Waals surface area contributed by atoms with E-state index in [2.05, 4.69) is 12.8 Å². The highest BCUT2D eigenvalue weighted by Crippen LogP contribution is 2.05. The monoisotopic (exact) mass is 123 g/mol. The number of hydrogen-bond donors (Lipinski definition) is 1. The first-order valence-corrected chi connectivity index (χ1v) is 3.23. The molecule has 1 unspecified atom stereocenters. The van der Waals surface area contributed by atoms with E-state index in [0.717, 1.165) is 12.8 Å². The van der Waals surface area contributed by atoms with Gasteiger partial charge in [0.1, 0.15) is 0 Å². The molecule has 0 spiro atoms. The minimum Gasteiger partial charge on any atom is -0.309 e. The SMILES string of the molecule is C#CC(CCC)C(C)=N. The van der Waals surface area contributed by atoms with E-state index in [9.17, 15) is 0 Å². The minimum absolute atomic E-state index is 0.0787. The van der Waals surface area contributed by atoms with Crippen LogP contribution in [0.15, 0.2) is 0 Å². The summed E-state index contributed by atoms with van der Waals surface area (Å²) < 4.78 is 0. The molecule has 0 saturated carbocycles. The van der Waals surface area contributed by atoms with E-state index >= 15 is 0 Å². The molecule has 1 N–H and O–H groups in total. The second kappa shape index (κ2) is 4.14. The lowest BCUT2D eigenvalue weighted by Crippen LogP contribution is -2.06. The van der Waals surface area contributed by atoms with Crippen LogP contribution in [0, 0.1) is 23.7 Å². The van der Waals surface area contributed by atoms with Crippen LogP contribution in [0.2, 0.25) is 0 Å². The maximum absolute atomic E-state index is 7.21. The van der Waals surface area contributed by atoms with E-state index in [1.807, 2.05) is 0 Å². The summed E-state index contributed by atoms with van der Waals surface area (Å²) in [5.41, 5.74) is 0.611. The summed E-state index contributed by atoms with van der Waals surface area (Å²) in [6.07, 6.45) is 7.18. The summed E-state index contributed by atoms with van der Waals surface area (Å²) in [6, 6.07) is 0. The summed E-state index contributed by atoms with van der Waals surface area (Å²) in [4.78, 5) is 0. The van der Waals surface area contributed by atoms with Crippen LogP contribution >= 0.6 is 0 Å². The highest BCUT2D eigenvalue weighted by molar-refractivity contribution is 5.83.